The van der Waals surface area contributed by atoms with Crippen LogP contribution in [0.4, 0.5) is 0 Å². The lowest BCUT2D eigenvalue weighted by Gasteiger charge is -2.38. The van der Waals surface area contributed by atoms with Gasteiger partial charge < -0.3 is 10.2 Å². The molecule has 1 aliphatic carbocycles. The van der Waals surface area contributed by atoms with Gasteiger partial charge in [0.15, 0.2) is 0 Å². The summed E-state index contributed by atoms with van der Waals surface area (Å²) < 4.78 is 0. The summed E-state index contributed by atoms with van der Waals surface area (Å²) in [5.41, 5.74) is 0.250. The first-order valence-corrected chi connectivity index (χ1v) is 6.73. The number of nitrogens with one attached hydrogen (secondary N) is 1. The lowest BCUT2D eigenvalue weighted by molar-refractivity contribution is 0.158. The molecule has 0 bridgehead atoms. The van der Waals surface area contributed by atoms with E-state index in [-0.39, 0.29) is 5.54 Å². The van der Waals surface area contributed by atoms with Crippen molar-refractivity contribution in [3.63, 3.8) is 0 Å². The Labute approximate surface area is 102 Å². The Morgan fingerprint density at radius 3 is 2.38 bits per heavy atom. The van der Waals surface area contributed by atoms with Crippen molar-refractivity contribution in [2.45, 2.75) is 58.5 Å². The maximum absolute atomic E-state index is 3.78. The van der Waals surface area contributed by atoms with Gasteiger partial charge in [0.2, 0.25) is 0 Å². The summed E-state index contributed by atoms with van der Waals surface area (Å²) >= 11 is 0. The van der Waals surface area contributed by atoms with Crippen molar-refractivity contribution in [2.24, 2.45) is 11.8 Å². The minimum Gasteiger partial charge on any atom is -0.312 e. The van der Waals surface area contributed by atoms with Crippen LogP contribution in [0.5, 0.6) is 0 Å². The minimum absolute atomic E-state index is 0.250. The van der Waals surface area contributed by atoms with Crippen LogP contribution >= 0.6 is 0 Å². The minimum atomic E-state index is 0.250. The molecule has 0 aromatic carbocycles. The van der Waals surface area contributed by atoms with E-state index in [0.29, 0.717) is 0 Å². The van der Waals surface area contributed by atoms with Gasteiger partial charge in [0.25, 0.3) is 0 Å². The Hall–Kier alpha value is -0.0800. The molecule has 0 radical (unpaired) electrons. The molecule has 96 valence electrons. The van der Waals surface area contributed by atoms with E-state index in [0.717, 1.165) is 24.4 Å². The Morgan fingerprint density at radius 1 is 1.19 bits per heavy atom. The van der Waals surface area contributed by atoms with E-state index >= 15 is 0 Å². The highest BCUT2D eigenvalue weighted by molar-refractivity contribution is 4.86. The molecule has 16 heavy (non-hydrogen) atoms. The van der Waals surface area contributed by atoms with Crippen LogP contribution in [0.25, 0.3) is 0 Å². The lowest BCUT2D eigenvalue weighted by Crippen LogP contribution is -2.51. The topological polar surface area (TPSA) is 15.3 Å². The maximum atomic E-state index is 3.78. The summed E-state index contributed by atoms with van der Waals surface area (Å²) in [5.74, 6) is 1.74. The average Bonchev–Trinajstić information content (AvgIpc) is 2.19. The monoisotopic (exact) mass is 226 g/mol. The third kappa shape index (κ3) is 3.74. The SMILES string of the molecule is CC1CCC(C)C(NCC(C)(C)N(C)C)C1. The lowest BCUT2D eigenvalue weighted by atomic mass is 9.80. The molecule has 0 saturated heterocycles. The van der Waals surface area contributed by atoms with Crippen molar-refractivity contribution in [1.82, 2.24) is 10.2 Å². The fraction of sp³-hybridized carbons (Fsp3) is 1.00. The highest BCUT2D eigenvalue weighted by Crippen LogP contribution is 2.28. The van der Waals surface area contributed by atoms with Gasteiger partial charge >= 0.3 is 0 Å². The van der Waals surface area contributed by atoms with Crippen molar-refractivity contribution in [3.8, 4) is 0 Å². The van der Waals surface area contributed by atoms with Crippen LogP contribution in [0.3, 0.4) is 0 Å². The quantitative estimate of drug-likeness (QED) is 0.793. The van der Waals surface area contributed by atoms with Crippen molar-refractivity contribution >= 4 is 0 Å². The van der Waals surface area contributed by atoms with E-state index in [1.165, 1.54) is 19.3 Å². The summed E-state index contributed by atoms with van der Waals surface area (Å²) in [6, 6.07) is 0.725. The molecule has 3 unspecified atom stereocenters. The molecule has 1 aliphatic rings. The molecule has 1 fully saturated rings. The summed E-state index contributed by atoms with van der Waals surface area (Å²) in [7, 11) is 4.32. The molecule has 0 spiro atoms. The van der Waals surface area contributed by atoms with Crippen LogP contribution in [0.15, 0.2) is 0 Å². The normalized spacial score (nSPS) is 32.1. The Bertz CT molecular complexity index is 211. The fourth-order valence-electron chi connectivity index (χ4n) is 2.36. The van der Waals surface area contributed by atoms with Crippen molar-refractivity contribution in [3.05, 3.63) is 0 Å². The van der Waals surface area contributed by atoms with Gasteiger partial charge in [0.05, 0.1) is 0 Å². The average molecular weight is 226 g/mol. The van der Waals surface area contributed by atoms with Gasteiger partial charge in [0.1, 0.15) is 0 Å². The zero-order valence-corrected chi connectivity index (χ0v) is 12.0. The second kappa shape index (κ2) is 5.50. The van der Waals surface area contributed by atoms with Gasteiger partial charge in [-0.15, -0.1) is 0 Å². The molecule has 1 N–H and O–H groups in total. The predicted molar refractivity (Wildman–Crippen MR) is 71.7 cm³/mol. The van der Waals surface area contributed by atoms with Gasteiger partial charge in [-0.3, -0.25) is 0 Å². The Morgan fingerprint density at radius 2 is 1.81 bits per heavy atom. The highest BCUT2D eigenvalue weighted by atomic mass is 15.2. The molecule has 0 aromatic heterocycles. The summed E-state index contributed by atoms with van der Waals surface area (Å²) in [6.07, 6.45) is 4.16. The number of nitrogens with zero attached hydrogens (tertiary/aromatic N) is 1. The van der Waals surface area contributed by atoms with Gasteiger partial charge in [-0.25, -0.2) is 0 Å². The standard InChI is InChI=1S/C14H30N2/c1-11-7-8-12(2)13(9-11)15-10-14(3,4)16(5)6/h11-13,15H,7-10H2,1-6H3. The molecular formula is C14H30N2. The van der Waals surface area contributed by atoms with E-state index in [9.17, 15) is 0 Å². The second-order valence-corrected chi connectivity index (χ2v) is 6.59. The smallest absolute Gasteiger partial charge is 0.0271 e. The Kier molecular flexibility index (Phi) is 4.81. The first-order valence-electron chi connectivity index (χ1n) is 6.73. The summed E-state index contributed by atoms with van der Waals surface area (Å²) in [4.78, 5) is 2.30. The van der Waals surface area contributed by atoms with E-state index < -0.39 is 0 Å². The van der Waals surface area contributed by atoms with Gasteiger partial charge in [0, 0.05) is 18.1 Å². The number of hydrogen-bond acceptors (Lipinski definition) is 2. The number of rotatable bonds is 4. The zero-order valence-electron chi connectivity index (χ0n) is 12.0. The molecule has 0 heterocycles. The highest BCUT2D eigenvalue weighted by Gasteiger charge is 2.28. The second-order valence-electron chi connectivity index (χ2n) is 6.59. The first kappa shape index (κ1) is 14.0. The largest absolute Gasteiger partial charge is 0.312 e. The molecular weight excluding hydrogens is 196 g/mol. The third-order valence-electron chi connectivity index (χ3n) is 4.47. The molecule has 0 amide bonds. The van der Waals surface area contributed by atoms with E-state index in [1.54, 1.807) is 0 Å². The van der Waals surface area contributed by atoms with E-state index in [2.05, 4.69) is 52.0 Å². The van der Waals surface area contributed by atoms with Crippen LogP contribution in [0.1, 0.15) is 47.0 Å². The third-order valence-corrected chi connectivity index (χ3v) is 4.47. The fourth-order valence-corrected chi connectivity index (χ4v) is 2.36. The summed E-state index contributed by atoms with van der Waals surface area (Å²) in [6.45, 7) is 10.5. The van der Waals surface area contributed by atoms with Crippen molar-refractivity contribution in [1.29, 1.82) is 0 Å². The Balaban J connectivity index is 2.41. The molecule has 2 nitrogen and oxygen atoms in total. The van der Waals surface area contributed by atoms with Gasteiger partial charge in [-0.1, -0.05) is 20.3 Å². The molecule has 0 aromatic rings. The van der Waals surface area contributed by atoms with Gasteiger partial charge in [-0.05, 0) is 52.6 Å². The molecule has 1 saturated carbocycles. The van der Waals surface area contributed by atoms with Crippen molar-refractivity contribution in [2.75, 3.05) is 20.6 Å². The van der Waals surface area contributed by atoms with E-state index in [1.807, 2.05) is 0 Å². The van der Waals surface area contributed by atoms with Crippen LogP contribution in [-0.2, 0) is 0 Å². The van der Waals surface area contributed by atoms with Crippen LogP contribution < -0.4 is 5.32 Å². The maximum Gasteiger partial charge on any atom is 0.0271 e. The predicted octanol–water partition coefficient (Wildman–Crippen LogP) is 2.74. The van der Waals surface area contributed by atoms with Crippen LogP contribution in [0.2, 0.25) is 0 Å². The van der Waals surface area contributed by atoms with Crippen molar-refractivity contribution < 1.29 is 0 Å². The molecule has 0 aliphatic heterocycles. The summed E-state index contributed by atoms with van der Waals surface area (Å²) in [5, 5.41) is 3.78. The van der Waals surface area contributed by atoms with Gasteiger partial charge in [-0.2, -0.15) is 0 Å². The number of hydrogen-bond donors (Lipinski definition) is 1. The molecule has 3 atom stereocenters. The van der Waals surface area contributed by atoms with E-state index in [4.69, 9.17) is 0 Å². The van der Waals surface area contributed by atoms with Crippen LogP contribution in [0, 0.1) is 11.8 Å². The first-order chi connectivity index (χ1) is 7.33. The molecule has 1 rings (SSSR count). The molecule has 2 heteroatoms. The van der Waals surface area contributed by atoms with Crippen LogP contribution in [-0.4, -0.2) is 37.1 Å². The zero-order chi connectivity index (χ0) is 12.3. The number of likely N-dealkylation sites (N-methyl/N-ethyl adjacent to an activating group) is 1.